The molecule has 1 unspecified atom stereocenters. The van der Waals surface area contributed by atoms with Crippen LogP contribution in [0.2, 0.25) is 0 Å². The molecule has 0 spiro atoms. The molecule has 0 aromatic heterocycles. The number of carbonyl (C=O) groups is 4. The molecule has 9 nitrogen and oxygen atoms in total. The molecule has 0 fully saturated rings. The molecule has 0 aliphatic carbocycles. The third-order valence-corrected chi connectivity index (χ3v) is 8.38. The molecule has 4 aromatic carbocycles. The van der Waals surface area contributed by atoms with Gasteiger partial charge in [0.2, 0.25) is 5.91 Å². The van der Waals surface area contributed by atoms with Crippen LogP contribution in [0.4, 0.5) is 4.79 Å². The Morgan fingerprint density at radius 2 is 1.26 bits per heavy atom. The van der Waals surface area contributed by atoms with E-state index in [1.807, 2.05) is 129 Å². The number of esters is 1. The summed E-state index contributed by atoms with van der Waals surface area (Å²) in [6, 6.07) is 35.0. The van der Waals surface area contributed by atoms with Gasteiger partial charge in [-0.3, -0.25) is 9.59 Å². The van der Waals surface area contributed by atoms with Crippen LogP contribution in [0.5, 0.6) is 0 Å². The lowest BCUT2D eigenvalue weighted by molar-refractivity contribution is -0.149. The summed E-state index contributed by atoms with van der Waals surface area (Å²) in [7, 11) is 0. The van der Waals surface area contributed by atoms with E-state index in [1.165, 1.54) is 11.8 Å². The van der Waals surface area contributed by atoms with Gasteiger partial charge in [0.05, 0.1) is 12.5 Å². The number of ether oxygens (including phenoxy) is 1. The molecule has 4 rings (SSSR count). The van der Waals surface area contributed by atoms with Crippen LogP contribution in [0.25, 0.3) is 11.1 Å². The van der Waals surface area contributed by atoms with Crippen LogP contribution in [-0.4, -0.2) is 66.2 Å². The number of hydrogen-bond donors (Lipinski definition) is 3. The van der Waals surface area contributed by atoms with Gasteiger partial charge >= 0.3 is 18.0 Å². The zero-order valence-electron chi connectivity index (χ0n) is 29.0. The first-order valence-electron chi connectivity index (χ1n) is 17.0. The third-order valence-electron chi connectivity index (χ3n) is 8.38. The number of nitrogens with one attached hydrogen (secondary N) is 2. The molecular weight excluding hydrogens is 630 g/mol. The number of amides is 3. The number of rotatable bonds is 17. The van der Waals surface area contributed by atoms with E-state index in [0.717, 1.165) is 27.8 Å². The van der Waals surface area contributed by atoms with Gasteiger partial charge in [-0.15, -0.1) is 0 Å². The van der Waals surface area contributed by atoms with Crippen LogP contribution in [0, 0.1) is 11.8 Å². The zero-order chi connectivity index (χ0) is 35.9. The van der Waals surface area contributed by atoms with Crippen molar-refractivity contribution in [3.05, 3.63) is 132 Å². The van der Waals surface area contributed by atoms with Gasteiger partial charge in [-0.25, -0.2) is 9.59 Å². The summed E-state index contributed by atoms with van der Waals surface area (Å²) >= 11 is 0. The lowest BCUT2D eigenvalue weighted by Gasteiger charge is -2.32. The maximum atomic E-state index is 14.1. The van der Waals surface area contributed by atoms with Gasteiger partial charge in [0.25, 0.3) is 0 Å². The van der Waals surface area contributed by atoms with Crippen LogP contribution in [-0.2, 0) is 32.0 Å². The topological polar surface area (TPSA) is 125 Å². The number of benzene rings is 4. The molecule has 0 bridgehead atoms. The molecule has 3 amide bonds. The highest BCUT2D eigenvalue weighted by Gasteiger charge is 2.34. The first-order valence-corrected chi connectivity index (χ1v) is 17.0. The minimum atomic E-state index is -1.27. The first-order chi connectivity index (χ1) is 24.1. The third kappa shape index (κ3) is 11.6. The number of carbonyl (C=O) groups excluding carboxylic acids is 3. The molecule has 0 saturated heterocycles. The van der Waals surface area contributed by atoms with E-state index in [-0.39, 0.29) is 38.1 Å². The first kappa shape index (κ1) is 37.4. The van der Waals surface area contributed by atoms with Crippen LogP contribution in [0.15, 0.2) is 115 Å². The summed E-state index contributed by atoms with van der Waals surface area (Å²) in [5.41, 5.74) is 4.66. The number of urea groups is 1. The normalized spacial score (nSPS) is 12.7. The quantitative estimate of drug-likeness (QED) is 0.0886. The Kier molecular flexibility index (Phi) is 14.2. The van der Waals surface area contributed by atoms with Gasteiger partial charge in [0.15, 0.2) is 0 Å². The van der Waals surface area contributed by atoms with Crippen LogP contribution in [0.1, 0.15) is 43.4 Å². The second-order valence-corrected chi connectivity index (χ2v) is 12.9. The molecule has 9 heteroatoms. The van der Waals surface area contributed by atoms with Crippen molar-refractivity contribution in [3.63, 3.8) is 0 Å². The standard InChI is InChI=1S/C41H47N3O6/c1-29(2)27-44(28-36(25-31-13-7-4-8-14-31)40(48)50-24-23-42-30(3)45)41(49)43-38(39(46)47)37(26-32-15-9-5-10-16-32)35-21-19-34(20-22-35)33-17-11-6-12-18-33/h4-22,29,36-38H,23-28H2,1-3H3,(H,42,45)(H,43,49)(H,46,47)/t36-,37?,38-/m0/s1. The molecule has 0 radical (unpaired) electrons. The summed E-state index contributed by atoms with van der Waals surface area (Å²) in [5.74, 6) is -3.18. The smallest absolute Gasteiger partial charge is 0.326 e. The minimum Gasteiger partial charge on any atom is -0.480 e. The molecule has 0 heterocycles. The molecule has 0 aliphatic rings. The number of carboxylic acids is 1. The largest absolute Gasteiger partial charge is 0.480 e. The van der Waals surface area contributed by atoms with Gasteiger partial charge in [-0.2, -0.15) is 0 Å². The maximum absolute atomic E-state index is 14.1. The highest BCUT2D eigenvalue weighted by Crippen LogP contribution is 2.28. The Morgan fingerprint density at radius 1 is 0.720 bits per heavy atom. The minimum absolute atomic E-state index is 0.00854. The monoisotopic (exact) mass is 677 g/mol. The molecule has 262 valence electrons. The SMILES string of the molecule is CC(=O)NCCOC(=O)[C@@H](Cc1ccccc1)CN(CC(C)C)C(=O)N[C@H](C(=O)O)C(Cc1ccccc1)c1ccc(-c2ccccc2)cc1. The van der Waals surface area contributed by atoms with E-state index in [4.69, 9.17) is 4.74 Å². The summed E-state index contributed by atoms with van der Waals surface area (Å²) in [5, 5.41) is 16.1. The summed E-state index contributed by atoms with van der Waals surface area (Å²) < 4.78 is 5.53. The number of hydrogen-bond acceptors (Lipinski definition) is 5. The Labute approximate surface area is 294 Å². The van der Waals surface area contributed by atoms with Gasteiger partial charge in [0, 0.05) is 25.9 Å². The van der Waals surface area contributed by atoms with Crippen molar-refractivity contribution < 1.29 is 29.0 Å². The lowest BCUT2D eigenvalue weighted by Crippen LogP contribution is -2.53. The van der Waals surface area contributed by atoms with Crippen molar-refractivity contribution >= 4 is 23.9 Å². The summed E-state index contributed by atoms with van der Waals surface area (Å²) in [6.07, 6.45) is 0.693. The van der Waals surface area contributed by atoms with Gasteiger partial charge in [0.1, 0.15) is 12.6 Å². The van der Waals surface area contributed by atoms with Crippen molar-refractivity contribution in [1.82, 2.24) is 15.5 Å². The predicted octanol–water partition coefficient (Wildman–Crippen LogP) is 6.34. The predicted molar refractivity (Wildman–Crippen MR) is 194 cm³/mol. The highest BCUT2D eigenvalue weighted by molar-refractivity contribution is 5.84. The molecule has 3 atom stereocenters. The second kappa shape index (κ2) is 18.9. The second-order valence-electron chi connectivity index (χ2n) is 12.9. The van der Waals surface area contributed by atoms with Gasteiger partial charge < -0.3 is 25.4 Å². The fourth-order valence-corrected chi connectivity index (χ4v) is 5.97. The fourth-order valence-electron chi connectivity index (χ4n) is 5.97. The van der Waals surface area contributed by atoms with Crippen LogP contribution in [0.3, 0.4) is 0 Å². The van der Waals surface area contributed by atoms with Gasteiger partial charge in [-0.05, 0) is 46.6 Å². The van der Waals surface area contributed by atoms with E-state index in [0.29, 0.717) is 12.8 Å². The van der Waals surface area contributed by atoms with Crippen molar-refractivity contribution in [2.75, 3.05) is 26.2 Å². The summed E-state index contributed by atoms with van der Waals surface area (Å²) in [6.45, 7) is 5.77. The average molecular weight is 678 g/mol. The molecule has 50 heavy (non-hydrogen) atoms. The Bertz CT molecular complexity index is 1660. The molecule has 4 aromatic rings. The van der Waals surface area contributed by atoms with E-state index < -0.39 is 35.8 Å². The molecule has 3 N–H and O–H groups in total. The summed E-state index contributed by atoms with van der Waals surface area (Å²) in [4.78, 5) is 53.3. The van der Waals surface area contributed by atoms with E-state index >= 15 is 0 Å². The lowest BCUT2D eigenvalue weighted by atomic mass is 9.85. The number of nitrogens with zero attached hydrogens (tertiary/aromatic N) is 1. The van der Waals surface area contributed by atoms with Crippen LogP contribution >= 0.6 is 0 Å². The maximum Gasteiger partial charge on any atom is 0.326 e. The Balaban J connectivity index is 1.61. The number of aliphatic carboxylic acids is 1. The highest BCUT2D eigenvalue weighted by atomic mass is 16.5. The van der Waals surface area contributed by atoms with E-state index in [1.54, 1.807) is 0 Å². The van der Waals surface area contributed by atoms with Gasteiger partial charge in [-0.1, -0.05) is 129 Å². The fraction of sp³-hybridized carbons (Fsp3) is 0.317. The molecule has 0 aliphatic heterocycles. The van der Waals surface area contributed by atoms with E-state index in [9.17, 15) is 24.3 Å². The number of carboxylic acid groups (broad SMARTS) is 1. The zero-order valence-corrected chi connectivity index (χ0v) is 29.0. The average Bonchev–Trinajstić information content (AvgIpc) is 3.11. The Morgan fingerprint density at radius 3 is 1.80 bits per heavy atom. The van der Waals surface area contributed by atoms with Crippen LogP contribution < -0.4 is 10.6 Å². The van der Waals surface area contributed by atoms with Crippen molar-refractivity contribution in [2.24, 2.45) is 11.8 Å². The van der Waals surface area contributed by atoms with E-state index in [2.05, 4.69) is 10.6 Å². The molecule has 0 saturated carbocycles. The Hall–Kier alpha value is -5.44. The molecular formula is C41H47N3O6. The van der Waals surface area contributed by atoms with Crippen molar-refractivity contribution in [3.8, 4) is 11.1 Å². The van der Waals surface area contributed by atoms with Crippen molar-refractivity contribution in [2.45, 2.75) is 45.6 Å². The van der Waals surface area contributed by atoms with Crippen molar-refractivity contribution in [1.29, 1.82) is 0 Å².